The van der Waals surface area contributed by atoms with Gasteiger partial charge in [0.2, 0.25) is 0 Å². The van der Waals surface area contributed by atoms with Crippen LogP contribution >= 0.6 is 0 Å². The lowest BCUT2D eigenvalue weighted by Crippen LogP contribution is -2.42. The summed E-state index contributed by atoms with van der Waals surface area (Å²) in [5.74, 6) is -4.03. The molecule has 1 aromatic carbocycles. The lowest BCUT2D eigenvalue weighted by molar-refractivity contribution is 0.0689. The van der Waals surface area contributed by atoms with Gasteiger partial charge in [0, 0.05) is 42.3 Å². The van der Waals surface area contributed by atoms with Crippen molar-refractivity contribution in [1.82, 2.24) is 30.0 Å². The van der Waals surface area contributed by atoms with Crippen LogP contribution in [0.3, 0.4) is 0 Å². The Kier molecular flexibility index (Phi) is 6.27. The molecule has 1 aliphatic rings. The van der Waals surface area contributed by atoms with E-state index in [2.05, 4.69) is 30.7 Å². The monoisotopic (exact) mass is 513 g/mol. The van der Waals surface area contributed by atoms with E-state index in [0.717, 1.165) is 30.9 Å². The summed E-state index contributed by atoms with van der Waals surface area (Å²) >= 11 is 0. The van der Waals surface area contributed by atoms with Crippen LogP contribution in [0.5, 0.6) is 0 Å². The number of nitrogens with zero attached hydrogens (tertiary/aromatic N) is 4. The van der Waals surface area contributed by atoms with Crippen LogP contribution in [0.2, 0.25) is 0 Å². The molecule has 0 unspecified atom stereocenters. The predicted molar refractivity (Wildman–Crippen MR) is 126 cm³/mol. The molecule has 0 radical (unpaired) electrons. The number of rotatable bonds is 6. The third-order valence-corrected chi connectivity index (χ3v) is 6.43. The van der Waals surface area contributed by atoms with Crippen molar-refractivity contribution < 1.29 is 27.9 Å². The molecule has 5 rings (SSSR count). The first-order valence-electron chi connectivity index (χ1n) is 11.5. The quantitative estimate of drug-likeness (QED) is 0.309. The third kappa shape index (κ3) is 4.71. The van der Waals surface area contributed by atoms with Gasteiger partial charge in [-0.15, -0.1) is 0 Å². The Balaban J connectivity index is 1.33. The normalized spacial score (nSPS) is 17.6. The van der Waals surface area contributed by atoms with Crippen LogP contribution < -0.4 is 10.6 Å². The molecule has 3 heterocycles. The van der Waals surface area contributed by atoms with E-state index in [1.807, 2.05) is 0 Å². The van der Waals surface area contributed by atoms with E-state index in [9.17, 15) is 27.9 Å². The third-order valence-electron chi connectivity index (χ3n) is 6.43. The molecule has 13 heteroatoms. The van der Waals surface area contributed by atoms with E-state index in [0.29, 0.717) is 24.8 Å². The molecule has 37 heavy (non-hydrogen) atoms. The van der Waals surface area contributed by atoms with Crippen LogP contribution in [0.4, 0.5) is 19.0 Å². The number of carboxylic acids is 1. The van der Waals surface area contributed by atoms with E-state index >= 15 is 0 Å². The summed E-state index contributed by atoms with van der Waals surface area (Å²) in [6.45, 7) is 0. The molecule has 0 aliphatic heterocycles. The lowest BCUT2D eigenvalue weighted by atomic mass is 9.90. The molecule has 3 aromatic heterocycles. The summed E-state index contributed by atoms with van der Waals surface area (Å²) in [5.41, 5.74) is 0.151. The van der Waals surface area contributed by atoms with Gasteiger partial charge in [0.15, 0.2) is 17.5 Å². The highest BCUT2D eigenvalue weighted by Crippen LogP contribution is 2.30. The van der Waals surface area contributed by atoms with Crippen molar-refractivity contribution in [3.05, 3.63) is 59.4 Å². The van der Waals surface area contributed by atoms with Gasteiger partial charge in [0.25, 0.3) is 5.91 Å². The van der Waals surface area contributed by atoms with E-state index in [1.54, 1.807) is 0 Å². The fourth-order valence-corrected chi connectivity index (χ4v) is 4.70. The van der Waals surface area contributed by atoms with Gasteiger partial charge >= 0.3 is 5.97 Å². The van der Waals surface area contributed by atoms with Crippen LogP contribution in [0.1, 0.15) is 46.5 Å². The summed E-state index contributed by atoms with van der Waals surface area (Å²) < 4.78 is 43.7. The number of hydrogen-bond acceptors (Lipinski definition) is 6. The van der Waals surface area contributed by atoms with Crippen molar-refractivity contribution in [1.29, 1.82) is 0 Å². The SMILES string of the molecule is Cn1ncc(C(=O)O)c1C(=O)N[C@@H]1CCC[C@H](Nc2nc(-c3c[nH]c4c(F)cc(F)cc34)ncc2F)C1. The molecule has 10 nitrogen and oxygen atoms in total. The predicted octanol–water partition coefficient (Wildman–Crippen LogP) is 3.63. The van der Waals surface area contributed by atoms with Gasteiger partial charge < -0.3 is 20.7 Å². The molecule has 4 aromatic rings. The standard InChI is InChI=1S/C24H22F3N7O3/c1-34-20(16(9-30-34)24(36)37)23(35)32-13-4-2-3-12(7-13)31-22-18(27)10-29-21(33-22)15-8-28-19-14(15)5-11(25)6-17(19)26/h5-6,8-10,12-13,28H,2-4,7H2,1H3,(H,32,35)(H,36,37)(H,29,31,33)/t12-,13+/m0/s1. The Labute approximate surface area is 207 Å². The molecular weight excluding hydrogens is 491 g/mol. The summed E-state index contributed by atoms with van der Waals surface area (Å²) in [6, 6.07) is 1.37. The molecule has 0 spiro atoms. The molecule has 0 bridgehead atoms. The highest BCUT2D eigenvalue weighted by atomic mass is 19.1. The van der Waals surface area contributed by atoms with Crippen LogP contribution in [-0.2, 0) is 7.05 Å². The largest absolute Gasteiger partial charge is 0.478 e. The molecular formula is C24H22F3N7O3. The zero-order valence-electron chi connectivity index (χ0n) is 19.6. The lowest BCUT2D eigenvalue weighted by Gasteiger charge is -2.30. The Bertz CT molecular complexity index is 1520. The molecule has 1 aliphatic carbocycles. The number of halogens is 3. The molecule has 192 valence electrons. The van der Waals surface area contributed by atoms with Crippen molar-refractivity contribution in [2.45, 2.75) is 37.8 Å². The fourth-order valence-electron chi connectivity index (χ4n) is 4.70. The number of aromatic amines is 1. The van der Waals surface area contributed by atoms with Crippen LogP contribution in [0, 0.1) is 17.5 Å². The van der Waals surface area contributed by atoms with Crippen LogP contribution in [0.15, 0.2) is 30.7 Å². The molecule has 1 fully saturated rings. The number of aromatic nitrogens is 5. The topological polar surface area (TPSA) is 138 Å². The van der Waals surface area contributed by atoms with Crippen LogP contribution in [0.25, 0.3) is 22.3 Å². The highest BCUT2D eigenvalue weighted by Gasteiger charge is 2.28. The summed E-state index contributed by atoms with van der Waals surface area (Å²) in [7, 11) is 1.48. The minimum Gasteiger partial charge on any atom is -0.478 e. The van der Waals surface area contributed by atoms with Crippen molar-refractivity contribution in [3.63, 3.8) is 0 Å². The average Bonchev–Trinajstić information content (AvgIpc) is 3.45. The first-order chi connectivity index (χ1) is 17.7. The number of aromatic carboxylic acids is 1. The Hall–Kier alpha value is -4.42. The maximum Gasteiger partial charge on any atom is 0.339 e. The Morgan fingerprint density at radius 1 is 1.14 bits per heavy atom. The number of benzene rings is 1. The minimum atomic E-state index is -1.25. The maximum atomic E-state index is 14.6. The molecule has 4 N–H and O–H groups in total. The second-order valence-corrected chi connectivity index (χ2v) is 8.92. The molecule has 1 saturated carbocycles. The minimum absolute atomic E-state index is 0.0549. The van der Waals surface area contributed by atoms with E-state index < -0.39 is 29.3 Å². The van der Waals surface area contributed by atoms with Crippen molar-refractivity contribution in [3.8, 4) is 11.4 Å². The zero-order chi connectivity index (χ0) is 26.3. The van der Waals surface area contributed by atoms with Gasteiger partial charge in [-0.3, -0.25) is 9.48 Å². The van der Waals surface area contributed by atoms with Gasteiger partial charge in [0.1, 0.15) is 22.9 Å². The number of hydrogen-bond donors (Lipinski definition) is 4. The zero-order valence-corrected chi connectivity index (χ0v) is 19.6. The van der Waals surface area contributed by atoms with Crippen molar-refractivity contribution in [2.75, 3.05) is 5.32 Å². The maximum absolute atomic E-state index is 14.6. The van der Waals surface area contributed by atoms with Gasteiger partial charge in [-0.2, -0.15) is 5.10 Å². The second-order valence-electron chi connectivity index (χ2n) is 8.92. The first-order valence-corrected chi connectivity index (χ1v) is 11.5. The van der Waals surface area contributed by atoms with E-state index in [4.69, 9.17) is 0 Å². The molecule has 0 saturated heterocycles. The fraction of sp³-hybridized carbons (Fsp3) is 0.292. The number of fused-ring (bicyclic) bond motifs is 1. The number of H-pyrrole nitrogens is 1. The van der Waals surface area contributed by atoms with Gasteiger partial charge in [-0.25, -0.2) is 27.9 Å². The number of aryl methyl sites for hydroxylation is 1. The number of carboxylic acid groups (broad SMARTS) is 1. The number of carbonyl (C=O) groups is 2. The van der Waals surface area contributed by atoms with E-state index in [1.165, 1.54) is 17.9 Å². The second kappa shape index (κ2) is 9.56. The number of nitrogens with one attached hydrogen (secondary N) is 3. The smallest absolute Gasteiger partial charge is 0.339 e. The first kappa shape index (κ1) is 24.3. The molecule has 1 amide bonds. The Morgan fingerprint density at radius 3 is 2.70 bits per heavy atom. The van der Waals surface area contributed by atoms with Crippen molar-refractivity contribution in [2.24, 2.45) is 7.05 Å². The number of carbonyl (C=O) groups excluding carboxylic acids is 1. The van der Waals surface area contributed by atoms with Crippen LogP contribution in [-0.4, -0.2) is 53.8 Å². The summed E-state index contributed by atoms with van der Waals surface area (Å²) in [6.07, 6.45) is 6.04. The number of amides is 1. The van der Waals surface area contributed by atoms with Gasteiger partial charge in [-0.05, 0) is 31.7 Å². The van der Waals surface area contributed by atoms with E-state index in [-0.39, 0.29) is 45.9 Å². The summed E-state index contributed by atoms with van der Waals surface area (Å²) in [5, 5.41) is 19.3. The highest BCUT2D eigenvalue weighted by molar-refractivity contribution is 6.03. The molecule has 2 atom stereocenters. The van der Waals surface area contributed by atoms with Gasteiger partial charge in [0.05, 0.1) is 17.9 Å². The van der Waals surface area contributed by atoms with Crippen molar-refractivity contribution >= 4 is 28.6 Å². The summed E-state index contributed by atoms with van der Waals surface area (Å²) in [4.78, 5) is 35.2. The average molecular weight is 513 g/mol. The Morgan fingerprint density at radius 2 is 1.92 bits per heavy atom. The van der Waals surface area contributed by atoms with Gasteiger partial charge in [-0.1, -0.05) is 0 Å². The number of anilines is 1.